The van der Waals surface area contributed by atoms with Gasteiger partial charge in [0.05, 0.1) is 32.0 Å². The van der Waals surface area contributed by atoms with Crippen LogP contribution in [-0.4, -0.2) is 140 Å². The number of rotatable bonds is 54. The number of unbranched alkanes of at least 4 members (excludes halogenated alkanes) is 41. The molecule has 0 aromatic heterocycles. The highest BCUT2D eigenvalue weighted by atomic mass is 16.7. The quantitative estimate of drug-likeness (QED) is 0.0204. The number of hydrogen-bond donors (Lipinski definition) is 9. The van der Waals surface area contributed by atoms with Gasteiger partial charge in [-0.2, -0.15) is 0 Å². The van der Waals surface area contributed by atoms with Crippen molar-refractivity contribution >= 4 is 5.91 Å². The van der Waals surface area contributed by atoms with Crippen molar-refractivity contribution in [3.63, 3.8) is 0 Å². The molecule has 2 aliphatic heterocycles. The summed E-state index contributed by atoms with van der Waals surface area (Å²) in [6.45, 7) is 2.83. The van der Waals surface area contributed by atoms with Crippen LogP contribution >= 0.6 is 0 Å². The van der Waals surface area contributed by atoms with Crippen LogP contribution in [0.25, 0.3) is 0 Å². The molecule has 2 aliphatic rings. The summed E-state index contributed by atoms with van der Waals surface area (Å²) in [7, 11) is 0. The Morgan fingerprint density at radius 1 is 0.449 bits per heavy atom. The van der Waals surface area contributed by atoms with E-state index in [1.54, 1.807) is 6.08 Å². The first-order valence-corrected chi connectivity index (χ1v) is 32.9. The van der Waals surface area contributed by atoms with Gasteiger partial charge in [-0.15, -0.1) is 0 Å². The summed E-state index contributed by atoms with van der Waals surface area (Å²) < 4.78 is 22.8. The highest BCUT2D eigenvalue weighted by Crippen LogP contribution is 2.30. The number of nitrogens with one attached hydrogen (secondary N) is 1. The Morgan fingerprint density at radius 2 is 0.795 bits per heavy atom. The molecule has 0 bridgehead atoms. The third-order valence-corrected chi connectivity index (χ3v) is 16.5. The predicted molar refractivity (Wildman–Crippen MR) is 314 cm³/mol. The van der Waals surface area contributed by atoms with Crippen molar-refractivity contribution in [1.29, 1.82) is 0 Å². The molecule has 0 radical (unpaired) electrons. The third kappa shape index (κ3) is 35.0. The number of aliphatic hydroxyl groups excluding tert-OH is 8. The van der Waals surface area contributed by atoms with E-state index < -0.39 is 86.8 Å². The zero-order valence-electron chi connectivity index (χ0n) is 49.9. The lowest BCUT2D eigenvalue weighted by Crippen LogP contribution is -2.65. The van der Waals surface area contributed by atoms with Gasteiger partial charge in [-0.1, -0.05) is 283 Å². The first-order valence-electron chi connectivity index (χ1n) is 32.9. The van der Waals surface area contributed by atoms with Crippen LogP contribution in [0.3, 0.4) is 0 Å². The van der Waals surface area contributed by atoms with Crippen molar-refractivity contribution in [2.24, 2.45) is 0 Å². The van der Waals surface area contributed by atoms with Crippen LogP contribution in [0.2, 0.25) is 0 Å². The summed E-state index contributed by atoms with van der Waals surface area (Å²) in [6, 6.07) is -0.909. The summed E-state index contributed by atoms with van der Waals surface area (Å²) in [5, 5.41) is 87.2. The van der Waals surface area contributed by atoms with Crippen molar-refractivity contribution < 1.29 is 64.6 Å². The minimum Gasteiger partial charge on any atom is -0.394 e. The smallest absolute Gasteiger partial charge is 0.220 e. The molecule has 14 nitrogen and oxygen atoms in total. The molecule has 1 amide bonds. The molecule has 0 saturated carbocycles. The minimum absolute atomic E-state index is 0.235. The summed E-state index contributed by atoms with van der Waals surface area (Å²) >= 11 is 0. The van der Waals surface area contributed by atoms with Crippen molar-refractivity contribution in [2.75, 3.05) is 19.8 Å². The van der Waals surface area contributed by atoms with Gasteiger partial charge in [-0.05, 0) is 19.3 Å². The summed E-state index contributed by atoms with van der Waals surface area (Å²) in [5.74, 6) is -0.235. The Hall–Kier alpha value is -1.27. The van der Waals surface area contributed by atoms with Crippen LogP contribution in [0, 0.1) is 0 Å². The van der Waals surface area contributed by atoms with Gasteiger partial charge >= 0.3 is 0 Å². The highest BCUT2D eigenvalue weighted by Gasteiger charge is 2.51. The molecule has 0 aliphatic carbocycles. The first-order chi connectivity index (χ1) is 38.1. The van der Waals surface area contributed by atoms with Gasteiger partial charge in [0.1, 0.15) is 48.8 Å². The van der Waals surface area contributed by atoms with E-state index in [1.165, 1.54) is 231 Å². The van der Waals surface area contributed by atoms with E-state index in [1.807, 2.05) is 6.08 Å². The number of ether oxygens (including phenoxy) is 4. The zero-order valence-corrected chi connectivity index (χ0v) is 49.9. The molecule has 14 heteroatoms. The molecule has 12 unspecified atom stereocenters. The van der Waals surface area contributed by atoms with Gasteiger partial charge in [0.15, 0.2) is 12.6 Å². The second-order valence-electron chi connectivity index (χ2n) is 23.6. The molecule has 9 N–H and O–H groups in total. The standard InChI is InChI=1S/C64H123NO13/c1-3-5-7-9-11-13-15-17-18-19-20-21-22-23-24-25-26-27-28-29-30-31-32-33-34-36-37-39-41-43-45-47-53(68)52(65-56(69)48-46-44-42-40-38-35-16-14-12-10-8-6-4-2)51-75-63-61(74)59(72)62(55(50-67)77-63)78-64-60(73)58(71)57(70)54(49-66)76-64/h45,47,52-55,57-64,66-68,70-74H,3-44,46,48-51H2,1-2H3,(H,65,69)/b47-45+. The lowest BCUT2D eigenvalue weighted by atomic mass is 9.97. The minimum atomic E-state index is -1.79. The third-order valence-electron chi connectivity index (χ3n) is 16.5. The summed E-state index contributed by atoms with van der Waals surface area (Å²) in [6.07, 6.45) is 42.8. The predicted octanol–water partition coefficient (Wildman–Crippen LogP) is 12.2. The van der Waals surface area contributed by atoms with Crippen LogP contribution in [-0.2, 0) is 23.7 Å². The number of amides is 1. The lowest BCUT2D eigenvalue weighted by Gasteiger charge is -2.46. The molecule has 2 saturated heterocycles. The monoisotopic (exact) mass is 1110 g/mol. The van der Waals surface area contributed by atoms with E-state index in [9.17, 15) is 45.6 Å². The van der Waals surface area contributed by atoms with Crippen LogP contribution in [0.5, 0.6) is 0 Å². The number of allylic oxidation sites excluding steroid dienone is 1. The number of hydrogen-bond acceptors (Lipinski definition) is 13. The fourth-order valence-corrected chi connectivity index (χ4v) is 11.2. The molecule has 12 atom stereocenters. The Kier molecular flexibility index (Phi) is 46.9. The maximum atomic E-state index is 13.2. The molecular weight excluding hydrogens is 991 g/mol. The van der Waals surface area contributed by atoms with Crippen molar-refractivity contribution in [1.82, 2.24) is 5.32 Å². The maximum absolute atomic E-state index is 13.2. The number of aliphatic hydroxyl groups is 8. The largest absolute Gasteiger partial charge is 0.394 e. The normalized spacial score (nSPS) is 24.5. The highest BCUT2D eigenvalue weighted by molar-refractivity contribution is 5.76. The van der Waals surface area contributed by atoms with E-state index in [0.29, 0.717) is 6.42 Å². The average Bonchev–Trinajstić information content (AvgIpc) is 3.47. The second kappa shape index (κ2) is 50.3. The fraction of sp³-hybridized carbons (Fsp3) is 0.953. The van der Waals surface area contributed by atoms with Gasteiger partial charge in [0, 0.05) is 6.42 Å². The molecule has 2 fully saturated rings. The van der Waals surface area contributed by atoms with Crippen LogP contribution in [0.4, 0.5) is 0 Å². The van der Waals surface area contributed by atoms with E-state index in [2.05, 4.69) is 19.2 Å². The van der Waals surface area contributed by atoms with Crippen molar-refractivity contribution in [2.45, 2.75) is 370 Å². The van der Waals surface area contributed by atoms with Crippen LogP contribution in [0.15, 0.2) is 12.2 Å². The van der Waals surface area contributed by atoms with Gasteiger partial charge < -0.3 is 65.1 Å². The Balaban J connectivity index is 1.65. The second-order valence-corrected chi connectivity index (χ2v) is 23.6. The Morgan fingerprint density at radius 3 is 1.18 bits per heavy atom. The van der Waals surface area contributed by atoms with Crippen molar-refractivity contribution in [3.05, 3.63) is 12.2 Å². The molecule has 0 aromatic carbocycles. The molecule has 462 valence electrons. The number of carbonyl (C=O) groups is 1. The molecule has 0 spiro atoms. The van der Waals surface area contributed by atoms with E-state index in [4.69, 9.17) is 18.9 Å². The molecule has 78 heavy (non-hydrogen) atoms. The van der Waals surface area contributed by atoms with Crippen LogP contribution in [0.1, 0.15) is 296 Å². The van der Waals surface area contributed by atoms with Gasteiger partial charge in [-0.3, -0.25) is 4.79 Å². The molecule has 2 heterocycles. The topological polar surface area (TPSA) is 228 Å². The van der Waals surface area contributed by atoms with E-state index in [-0.39, 0.29) is 18.9 Å². The van der Waals surface area contributed by atoms with Gasteiger partial charge in [-0.25, -0.2) is 0 Å². The Bertz CT molecular complexity index is 1360. The molecular formula is C64H123NO13. The summed E-state index contributed by atoms with van der Waals surface area (Å²) in [4.78, 5) is 13.2. The average molecular weight is 1110 g/mol. The first kappa shape index (κ1) is 72.8. The van der Waals surface area contributed by atoms with Gasteiger partial charge in [0.25, 0.3) is 0 Å². The SMILES string of the molecule is CCCCCCCCCCCCCCCCCCCCCCCCCCCCCCC/C=C/C(O)C(COC1OC(CO)C(OC2OC(CO)C(O)C(O)C2O)C(O)C1O)NC(=O)CCCCCCCCCCCCCCC. The van der Waals surface area contributed by atoms with Gasteiger partial charge in [0.2, 0.25) is 5.91 Å². The Labute approximate surface area is 476 Å². The van der Waals surface area contributed by atoms with E-state index >= 15 is 0 Å². The molecule has 0 aromatic rings. The fourth-order valence-electron chi connectivity index (χ4n) is 11.2. The van der Waals surface area contributed by atoms with Crippen LogP contribution < -0.4 is 5.32 Å². The van der Waals surface area contributed by atoms with Crippen molar-refractivity contribution in [3.8, 4) is 0 Å². The number of carbonyl (C=O) groups excluding carboxylic acids is 1. The summed E-state index contributed by atoms with van der Waals surface area (Å²) in [5.41, 5.74) is 0. The van der Waals surface area contributed by atoms with E-state index in [0.717, 1.165) is 38.5 Å². The lowest BCUT2D eigenvalue weighted by molar-refractivity contribution is -0.359. The molecule has 2 rings (SSSR count). The maximum Gasteiger partial charge on any atom is 0.220 e. The zero-order chi connectivity index (χ0) is 56.7.